The van der Waals surface area contributed by atoms with E-state index in [9.17, 15) is 19.7 Å². The average molecular weight is 372 g/mol. The summed E-state index contributed by atoms with van der Waals surface area (Å²) >= 11 is 0. The molecule has 0 bridgehead atoms. The molecule has 0 aromatic heterocycles. The third-order valence-corrected chi connectivity index (χ3v) is 4.01. The van der Waals surface area contributed by atoms with E-state index in [1.165, 1.54) is 19.2 Å². The van der Waals surface area contributed by atoms with Crippen LogP contribution in [0.1, 0.15) is 28.8 Å². The number of nitrogens with zero attached hydrogens (tertiary/aromatic N) is 1. The summed E-state index contributed by atoms with van der Waals surface area (Å²) in [4.78, 5) is 34.0. The predicted octanol–water partition coefficient (Wildman–Crippen LogP) is 2.81. The highest BCUT2D eigenvalue weighted by molar-refractivity contribution is 5.97. The molecule has 142 valence electrons. The molecule has 0 aliphatic heterocycles. The minimum Gasteiger partial charge on any atom is -0.496 e. The van der Waals surface area contributed by atoms with Crippen molar-refractivity contribution in [2.45, 2.75) is 25.3 Å². The van der Waals surface area contributed by atoms with Crippen molar-refractivity contribution in [3.8, 4) is 5.75 Å². The topological polar surface area (TPSA) is 119 Å². The van der Waals surface area contributed by atoms with Crippen LogP contribution in [0.3, 0.4) is 0 Å². The van der Waals surface area contributed by atoms with Crippen LogP contribution in [0.4, 0.5) is 5.69 Å². The standard InChI is InChI=1S/C19H20N2O6/c1-27-17-9-8-15(21(25)26)12-16(17)19(24)20-14(7-10-18(22)23)11-13-5-3-2-4-6-13/h2-6,8-9,12,14H,7,10-11H2,1H3,(H,20,24)(H,22,23). The average Bonchev–Trinajstić information content (AvgIpc) is 2.66. The van der Waals surface area contributed by atoms with Crippen LogP contribution in [-0.4, -0.2) is 35.1 Å². The Labute approximate surface area is 155 Å². The zero-order chi connectivity index (χ0) is 19.8. The van der Waals surface area contributed by atoms with Gasteiger partial charge in [0, 0.05) is 24.6 Å². The fourth-order valence-corrected chi connectivity index (χ4v) is 2.67. The maximum atomic E-state index is 12.7. The first kappa shape index (κ1) is 19.9. The molecule has 0 aliphatic carbocycles. The van der Waals surface area contributed by atoms with Crippen molar-refractivity contribution in [1.29, 1.82) is 0 Å². The molecule has 0 heterocycles. The van der Waals surface area contributed by atoms with E-state index >= 15 is 0 Å². The van der Waals surface area contributed by atoms with Crippen molar-refractivity contribution >= 4 is 17.6 Å². The number of amides is 1. The molecule has 8 nitrogen and oxygen atoms in total. The first-order valence-corrected chi connectivity index (χ1v) is 8.29. The smallest absolute Gasteiger partial charge is 0.303 e. The first-order valence-electron chi connectivity index (χ1n) is 8.29. The fourth-order valence-electron chi connectivity index (χ4n) is 2.67. The summed E-state index contributed by atoms with van der Waals surface area (Å²) in [6.07, 6.45) is 0.564. The van der Waals surface area contributed by atoms with Crippen molar-refractivity contribution < 1.29 is 24.4 Å². The van der Waals surface area contributed by atoms with Gasteiger partial charge in [-0.3, -0.25) is 19.7 Å². The highest BCUT2D eigenvalue weighted by atomic mass is 16.6. The normalized spacial score (nSPS) is 11.4. The van der Waals surface area contributed by atoms with Gasteiger partial charge in [-0.2, -0.15) is 0 Å². The van der Waals surface area contributed by atoms with Gasteiger partial charge in [-0.1, -0.05) is 30.3 Å². The Morgan fingerprint density at radius 3 is 2.52 bits per heavy atom. The minimum absolute atomic E-state index is 0.0279. The number of hydrogen-bond donors (Lipinski definition) is 2. The number of carbonyl (C=O) groups excluding carboxylic acids is 1. The molecule has 0 aliphatic rings. The largest absolute Gasteiger partial charge is 0.496 e. The molecule has 0 fully saturated rings. The molecular weight excluding hydrogens is 352 g/mol. The number of carboxylic acids is 1. The number of ether oxygens (including phenoxy) is 1. The molecular formula is C19H20N2O6. The lowest BCUT2D eigenvalue weighted by Crippen LogP contribution is -2.37. The second-order valence-electron chi connectivity index (χ2n) is 5.93. The van der Waals surface area contributed by atoms with Crippen LogP contribution in [-0.2, 0) is 11.2 Å². The summed E-state index contributed by atoms with van der Waals surface area (Å²) in [5.41, 5.74) is 0.741. The van der Waals surface area contributed by atoms with Gasteiger partial charge in [0.25, 0.3) is 11.6 Å². The minimum atomic E-state index is -0.963. The Bertz CT molecular complexity index is 822. The summed E-state index contributed by atoms with van der Waals surface area (Å²) in [5, 5.41) is 22.7. The molecule has 27 heavy (non-hydrogen) atoms. The van der Waals surface area contributed by atoms with Gasteiger partial charge in [0.2, 0.25) is 0 Å². The van der Waals surface area contributed by atoms with Crippen molar-refractivity contribution in [2.24, 2.45) is 0 Å². The van der Waals surface area contributed by atoms with Crippen molar-refractivity contribution in [3.63, 3.8) is 0 Å². The number of nitro groups is 1. The van der Waals surface area contributed by atoms with Crippen molar-refractivity contribution in [2.75, 3.05) is 7.11 Å². The molecule has 1 atom stereocenters. The Kier molecular flexibility index (Phi) is 6.87. The maximum Gasteiger partial charge on any atom is 0.303 e. The second-order valence-corrected chi connectivity index (χ2v) is 5.93. The van der Waals surface area contributed by atoms with Gasteiger partial charge in [0.15, 0.2) is 0 Å². The zero-order valence-corrected chi connectivity index (χ0v) is 14.8. The Balaban J connectivity index is 2.22. The van der Waals surface area contributed by atoms with E-state index in [0.29, 0.717) is 6.42 Å². The zero-order valence-electron chi connectivity index (χ0n) is 14.8. The lowest BCUT2D eigenvalue weighted by molar-refractivity contribution is -0.384. The predicted molar refractivity (Wildman–Crippen MR) is 97.9 cm³/mol. The van der Waals surface area contributed by atoms with Gasteiger partial charge < -0.3 is 15.2 Å². The third-order valence-electron chi connectivity index (χ3n) is 4.01. The van der Waals surface area contributed by atoms with Crippen LogP contribution < -0.4 is 10.1 Å². The van der Waals surface area contributed by atoms with Gasteiger partial charge in [0.1, 0.15) is 5.75 Å². The number of carbonyl (C=O) groups is 2. The highest BCUT2D eigenvalue weighted by Crippen LogP contribution is 2.24. The number of non-ortho nitro benzene ring substituents is 1. The van der Waals surface area contributed by atoms with Crippen molar-refractivity contribution in [3.05, 3.63) is 69.8 Å². The maximum absolute atomic E-state index is 12.7. The van der Waals surface area contributed by atoms with Crippen LogP contribution >= 0.6 is 0 Å². The second kappa shape index (κ2) is 9.33. The fraction of sp³-hybridized carbons (Fsp3) is 0.263. The molecule has 0 saturated carbocycles. The first-order chi connectivity index (χ1) is 12.9. The van der Waals surface area contributed by atoms with Crippen LogP contribution in [0, 0.1) is 10.1 Å². The molecule has 2 aromatic carbocycles. The number of benzene rings is 2. The summed E-state index contributed by atoms with van der Waals surface area (Å²) in [6.45, 7) is 0. The Morgan fingerprint density at radius 2 is 1.93 bits per heavy atom. The third kappa shape index (κ3) is 5.81. The van der Waals surface area contributed by atoms with Crippen LogP contribution in [0.25, 0.3) is 0 Å². The highest BCUT2D eigenvalue weighted by Gasteiger charge is 2.21. The molecule has 1 amide bonds. The lowest BCUT2D eigenvalue weighted by atomic mass is 10.0. The number of methoxy groups -OCH3 is 1. The molecule has 2 rings (SSSR count). The quantitative estimate of drug-likeness (QED) is 0.516. The molecule has 0 spiro atoms. The summed E-state index contributed by atoms with van der Waals surface area (Å²) < 4.78 is 5.12. The van der Waals surface area contributed by atoms with E-state index < -0.39 is 22.8 Å². The summed E-state index contributed by atoms with van der Waals surface area (Å²) in [7, 11) is 1.36. The van der Waals surface area contributed by atoms with Crippen molar-refractivity contribution in [1.82, 2.24) is 5.32 Å². The number of carboxylic acid groups (broad SMARTS) is 1. The van der Waals surface area contributed by atoms with Crippen LogP contribution in [0.5, 0.6) is 5.75 Å². The van der Waals surface area contributed by atoms with E-state index in [1.54, 1.807) is 0 Å². The number of rotatable bonds is 9. The van der Waals surface area contributed by atoms with Gasteiger partial charge in [-0.15, -0.1) is 0 Å². The monoisotopic (exact) mass is 372 g/mol. The number of hydrogen-bond acceptors (Lipinski definition) is 5. The summed E-state index contributed by atoms with van der Waals surface area (Å²) in [5.74, 6) is -1.31. The SMILES string of the molecule is COc1ccc([N+](=O)[O-])cc1C(=O)NC(CCC(=O)O)Cc1ccccc1. The van der Waals surface area contributed by atoms with Gasteiger partial charge in [0.05, 0.1) is 17.6 Å². The van der Waals surface area contributed by atoms with E-state index in [1.807, 2.05) is 30.3 Å². The van der Waals surface area contributed by atoms with E-state index in [0.717, 1.165) is 11.6 Å². The van der Waals surface area contributed by atoms with Gasteiger partial charge >= 0.3 is 5.97 Å². The lowest BCUT2D eigenvalue weighted by Gasteiger charge is -2.19. The molecule has 8 heteroatoms. The van der Waals surface area contributed by atoms with Crippen LogP contribution in [0.2, 0.25) is 0 Å². The molecule has 1 unspecified atom stereocenters. The molecule has 2 aromatic rings. The number of nitro benzene ring substituents is 1. The number of nitrogens with one attached hydrogen (secondary N) is 1. The number of aliphatic carboxylic acids is 1. The van der Waals surface area contributed by atoms with Crippen LogP contribution in [0.15, 0.2) is 48.5 Å². The van der Waals surface area contributed by atoms with E-state index in [-0.39, 0.29) is 29.8 Å². The van der Waals surface area contributed by atoms with Gasteiger partial charge in [-0.05, 0) is 24.5 Å². The van der Waals surface area contributed by atoms with Gasteiger partial charge in [-0.25, -0.2) is 0 Å². The Hall–Kier alpha value is -3.42. The molecule has 0 radical (unpaired) electrons. The Morgan fingerprint density at radius 1 is 1.22 bits per heavy atom. The molecule has 2 N–H and O–H groups in total. The summed E-state index contributed by atoms with van der Waals surface area (Å²) in [6, 6.07) is 12.6. The van der Waals surface area contributed by atoms with E-state index in [2.05, 4.69) is 5.32 Å². The molecule has 0 saturated heterocycles. The van der Waals surface area contributed by atoms with E-state index in [4.69, 9.17) is 9.84 Å².